The van der Waals surface area contributed by atoms with Crippen molar-refractivity contribution in [2.75, 3.05) is 26.1 Å². The molecule has 33 heavy (non-hydrogen) atoms. The smallest absolute Gasteiger partial charge is 0.322 e. The number of rotatable bonds is 8. The summed E-state index contributed by atoms with van der Waals surface area (Å²) in [6.07, 6.45) is 0.667. The Hall–Kier alpha value is -3.18. The molecule has 5 nitrogen and oxygen atoms in total. The van der Waals surface area contributed by atoms with Crippen LogP contribution in [0.25, 0.3) is 0 Å². The first-order valence-corrected chi connectivity index (χ1v) is 11.3. The summed E-state index contributed by atoms with van der Waals surface area (Å²) in [6, 6.07) is 17.6. The van der Waals surface area contributed by atoms with Crippen LogP contribution in [0.5, 0.6) is 11.5 Å². The molecule has 0 unspecified atom stereocenters. The van der Waals surface area contributed by atoms with Gasteiger partial charge in [0.15, 0.2) is 11.5 Å². The van der Waals surface area contributed by atoms with Gasteiger partial charge < -0.3 is 19.7 Å². The summed E-state index contributed by atoms with van der Waals surface area (Å²) >= 11 is 6.33. The molecule has 174 valence electrons. The third-order valence-corrected chi connectivity index (χ3v) is 6.05. The summed E-state index contributed by atoms with van der Waals surface area (Å²) in [6.45, 7) is 6.97. The molecule has 1 N–H and O–H groups in total. The van der Waals surface area contributed by atoms with Gasteiger partial charge in [-0.05, 0) is 73.7 Å². The van der Waals surface area contributed by atoms with Gasteiger partial charge in [-0.2, -0.15) is 0 Å². The quantitative estimate of drug-likeness (QED) is 0.409. The highest BCUT2D eigenvalue weighted by atomic mass is 35.5. The van der Waals surface area contributed by atoms with Gasteiger partial charge in [0.2, 0.25) is 0 Å². The van der Waals surface area contributed by atoms with Crippen molar-refractivity contribution in [3.05, 3.63) is 87.4 Å². The number of carbonyl (C=O) groups excluding carboxylic acids is 1. The van der Waals surface area contributed by atoms with Crippen molar-refractivity contribution in [1.82, 2.24) is 4.90 Å². The molecule has 3 rings (SSSR count). The molecule has 2 amide bonds. The number of halogens is 1. The van der Waals surface area contributed by atoms with Gasteiger partial charge in [0.05, 0.1) is 14.2 Å². The standard InChI is InChI=1S/C27H31ClN2O3/c1-18-6-10-24(20(3)14-18)29-27(31)30(17-22-8-7-19(2)23(28)15-22)13-12-21-9-11-25(32-4)26(16-21)33-5/h6-11,14-16H,12-13,17H2,1-5H3,(H,29,31). The van der Waals surface area contributed by atoms with Gasteiger partial charge in [-0.1, -0.05) is 47.5 Å². The lowest BCUT2D eigenvalue weighted by atomic mass is 10.1. The SMILES string of the molecule is COc1ccc(CCN(Cc2ccc(C)c(Cl)c2)C(=O)Nc2ccc(C)cc2C)cc1OC. The number of urea groups is 1. The Bertz CT molecular complexity index is 1130. The van der Waals surface area contributed by atoms with Crippen molar-refractivity contribution in [3.63, 3.8) is 0 Å². The van der Waals surface area contributed by atoms with Gasteiger partial charge in [0.1, 0.15) is 0 Å². The number of hydrogen-bond donors (Lipinski definition) is 1. The first-order valence-electron chi connectivity index (χ1n) is 10.9. The highest BCUT2D eigenvalue weighted by Gasteiger charge is 2.16. The van der Waals surface area contributed by atoms with Crippen LogP contribution in [-0.4, -0.2) is 31.7 Å². The fourth-order valence-corrected chi connectivity index (χ4v) is 3.86. The molecule has 6 heteroatoms. The van der Waals surface area contributed by atoms with E-state index in [-0.39, 0.29) is 6.03 Å². The number of ether oxygens (including phenoxy) is 2. The lowest BCUT2D eigenvalue weighted by Gasteiger charge is -2.24. The number of aryl methyl sites for hydroxylation is 3. The van der Waals surface area contributed by atoms with Crippen LogP contribution >= 0.6 is 11.6 Å². The van der Waals surface area contributed by atoms with Gasteiger partial charge in [-0.25, -0.2) is 4.79 Å². The summed E-state index contributed by atoms with van der Waals surface area (Å²) < 4.78 is 10.7. The Morgan fingerprint density at radius 2 is 1.61 bits per heavy atom. The fourth-order valence-electron chi connectivity index (χ4n) is 3.66. The van der Waals surface area contributed by atoms with Crippen molar-refractivity contribution in [1.29, 1.82) is 0 Å². The summed E-state index contributed by atoms with van der Waals surface area (Å²) in [4.78, 5) is 15.1. The van der Waals surface area contributed by atoms with Crippen LogP contribution in [0.15, 0.2) is 54.6 Å². The van der Waals surface area contributed by atoms with Gasteiger partial charge >= 0.3 is 6.03 Å². The van der Waals surface area contributed by atoms with Crippen molar-refractivity contribution >= 4 is 23.3 Å². The predicted molar refractivity (Wildman–Crippen MR) is 135 cm³/mol. The maximum absolute atomic E-state index is 13.3. The zero-order valence-corrected chi connectivity index (χ0v) is 20.6. The minimum absolute atomic E-state index is 0.154. The number of hydrogen-bond acceptors (Lipinski definition) is 3. The number of anilines is 1. The zero-order valence-electron chi connectivity index (χ0n) is 19.9. The van der Waals surface area contributed by atoms with Gasteiger partial charge in [0.25, 0.3) is 0 Å². The fraction of sp³-hybridized carbons (Fsp3) is 0.296. The van der Waals surface area contributed by atoms with Crippen LogP contribution in [0.1, 0.15) is 27.8 Å². The Morgan fingerprint density at radius 3 is 2.27 bits per heavy atom. The molecule has 0 aliphatic heterocycles. The number of nitrogens with one attached hydrogen (secondary N) is 1. The molecular weight excluding hydrogens is 436 g/mol. The van der Waals surface area contributed by atoms with Gasteiger partial charge in [0, 0.05) is 23.8 Å². The van der Waals surface area contributed by atoms with E-state index in [0.717, 1.165) is 33.5 Å². The van der Waals surface area contributed by atoms with Crippen LogP contribution in [0.4, 0.5) is 10.5 Å². The Balaban J connectivity index is 1.81. The second kappa shape index (κ2) is 11.1. The van der Waals surface area contributed by atoms with Gasteiger partial charge in [-0.15, -0.1) is 0 Å². The number of benzene rings is 3. The number of methoxy groups -OCH3 is 2. The normalized spacial score (nSPS) is 10.6. The predicted octanol–water partition coefficient (Wildman–Crippen LogP) is 6.56. The van der Waals surface area contributed by atoms with Crippen LogP contribution in [0.3, 0.4) is 0 Å². The molecule has 0 aromatic heterocycles. The van der Waals surface area contributed by atoms with E-state index in [2.05, 4.69) is 11.4 Å². The first kappa shape index (κ1) is 24.5. The van der Waals surface area contributed by atoms with E-state index < -0.39 is 0 Å². The van der Waals surface area contributed by atoms with E-state index in [9.17, 15) is 4.79 Å². The summed E-state index contributed by atoms with van der Waals surface area (Å²) in [7, 11) is 3.23. The van der Waals surface area contributed by atoms with E-state index in [1.54, 1.807) is 19.1 Å². The van der Waals surface area contributed by atoms with Crippen LogP contribution in [0.2, 0.25) is 5.02 Å². The summed E-state index contributed by atoms with van der Waals surface area (Å²) in [5, 5.41) is 3.77. The molecule has 3 aromatic rings. The van der Waals surface area contributed by atoms with E-state index in [0.29, 0.717) is 36.0 Å². The lowest BCUT2D eigenvalue weighted by Crippen LogP contribution is -2.36. The molecule has 0 radical (unpaired) electrons. The van der Waals surface area contributed by atoms with Crippen molar-refractivity contribution < 1.29 is 14.3 Å². The average Bonchev–Trinajstić information content (AvgIpc) is 2.80. The Morgan fingerprint density at radius 1 is 0.879 bits per heavy atom. The molecule has 0 heterocycles. The summed E-state index contributed by atoms with van der Waals surface area (Å²) in [5.74, 6) is 1.35. The molecule has 0 spiro atoms. The number of amides is 2. The summed E-state index contributed by atoms with van der Waals surface area (Å²) in [5.41, 5.74) is 6.04. The molecule has 0 aliphatic carbocycles. The molecule has 0 saturated carbocycles. The monoisotopic (exact) mass is 466 g/mol. The third kappa shape index (κ3) is 6.42. The van der Waals surface area contributed by atoms with Gasteiger partial charge in [-0.3, -0.25) is 0 Å². The number of nitrogens with zero attached hydrogens (tertiary/aromatic N) is 1. The second-order valence-corrected chi connectivity index (χ2v) is 8.60. The Labute approximate surface area is 201 Å². The maximum Gasteiger partial charge on any atom is 0.322 e. The van der Waals surface area contributed by atoms with Crippen LogP contribution in [0, 0.1) is 20.8 Å². The molecule has 3 aromatic carbocycles. The second-order valence-electron chi connectivity index (χ2n) is 8.19. The number of carbonyl (C=O) groups is 1. The minimum atomic E-state index is -0.154. The Kier molecular flexibility index (Phi) is 8.23. The highest BCUT2D eigenvalue weighted by molar-refractivity contribution is 6.31. The van der Waals surface area contributed by atoms with Crippen molar-refractivity contribution in [2.24, 2.45) is 0 Å². The van der Waals surface area contributed by atoms with Crippen LogP contribution < -0.4 is 14.8 Å². The van der Waals surface area contributed by atoms with Crippen LogP contribution in [-0.2, 0) is 13.0 Å². The van der Waals surface area contributed by atoms with E-state index in [1.165, 1.54) is 0 Å². The lowest BCUT2D eigenvalue weighted by molar-refractivity contribution is 0.209. The van der Waals surface area contributed by atoms with E-state index in [1.807, 2.05) is 69.3 Å². The molecule has 0 saturated heterocycles. The van der Waals surface area contributed by atoms with Crippen molar-refractivity contribution in [3.8, 4) is 11.5 Å². The minimum Gasteiger partial charge on any atom is -0.493 e. The average molecular weight is 467 g/mol. The van der Waals surface area contributed by atoms with Crippen molar-refractivity contribution in [2.45, 2.75) is 33.7 Å². The molecule has 0 atom stereocenters. The maximum atomic E-state index is 13.3. The largest absolute Gasteiger partial charge is 0.493 e. The molecule has 0 aliphatic rings. The first-order chi connectivity index (χ1) is 15.8. The topological polar surface area (TPSA) is 50.8 Å². The molecule has 0 fully saturated rings. The van der Waals surface area contributed by atoms with E-state index >= 15 is 0 Å². The van der Waals surface area contributed by atoms with E-state index in [4.69, 9.17) is 21.1 Å². The third-order valence-electron chi connectivity index (χ3n) is 5.64. The zero-order chi connectivity index (χ0) is 24.0. The molecular formula is C27H31ClN2O3. The highest BCUT2D eigenvalue weighted by Crippen LogP contribution is 2.28. The molecule has 0 bridgehead atoms.